The molecule has 2 N–H and O–H groups in total. The molecule has 8 heteroatoms. The largest absolute Gasteiger partial charge is 0.497 e. The van der Waals surface area contributed by atoms with Gasteiger partial charge in [-0.15, -0.1) is 4.83 Å². The molecule has 2 aromatic carbocycles. The standard InChI is InChI=1S/C17H20N2O5S/c1-12(2)24-15-6-4-13(5-7-15)17(20)18-19-25(21,22)16-10-8-14(23-3)9-11-16/h4-12,19H,1-3H3,(H,18,20). The average Bonchev–Trinajstić information content (AvgIpc) is 2.60. The molecule has 0 heterocycles. The number of benzene rings is 2. The predicted octanol–water partition coefficient (Wildman–Crippen LogP) is 2.11. The van der Waals surface area contributed by atoms with E-state index in [9.17, 15) is 13.2 Å². The van der Waals surface area contributed by atoms with Crippen molar-refractivity contribution >= 4 is 15.9 Å². The summed E-state index contributed by atoms with van der Waals surface area (Å²) in [6, 6.07) is 12.2. The number of sulfonamides is 1. The summed E-state index contributed by atoms with van der Waals surface area (Å²) in [6.07, 6.45) is 0.0241. The van der Waals surface area contributed by atoms with Crippen LogP contribution in [0.15, 0.2) is 53.4 Å². The highest BCUT2D eigenvalue weighted by molar-refractivity contribution is 7.89. The van der Waals surface area contributed by atoms with Crippen molar-refractivity contribution in [2.45, 2.75) is 24.8 Å². The van der Waals surface area contributed by atoms with Crippen molar-refractivity contribution in [1.82, 2.24) is 10.3 Å². The Morgan fingerprint density at radius 3 is 2.04 bits per heavy atom. The Hall–Kier alpha value is -2.58. The second-order valence-corrected chi connectivity index (χ2v) is 7.11. The van der Waals surface area contributed by atoms with E-state index in [4.69, 9.17) is 9.47 Å². The van der Waals surface area contributed by atoms with Crippen molar-refractivity contribution in [3.8, 4) is 11.5 Å². The van der Waals surface area contributed by atoms with Crippen LogP contribution in [0.5, 0.6) is 11.5 Å². The molecule has 0 spiro atoms. The Morgan fingerprint density at radius 1 is 0.960 bits per heavy atom. The molecule has 0 saturated carbocycles. The molecule has 0 bridgehead atoms. The van der Waals surface area contributed by atoms with Gasteiger partial charge < -0.3 is 9.47 Å². The summed E-state index contributed by atoms with van der Waals surface area (Å²) in [5.74, 6) is 0.588. The quantitative estimate of drug-likeness (QED) is 0.734. The lowest BCUT2D eigenvalue weighted by Crippen LogP contribution is -2.41. The second kappa shape index (κ2) is 8.00. The molecule has 0 aliphatic rings. The molecule has 134 valence electrons. The molecule has 0 atom stereocenters. The molecule has 0 aliphatic carbocycles. The minimum absolute atomic E-state index is 0.00859. The van der Waals surface area contributed by atoms with Crippen LogP contribution in [-0.2, 0) is 10.0 Å². The van der Waals surface area contributed by atoms with Gasteiger partial charge in [0.25, 0.3) is 15.9 Å². The minimum atomic E-state index is -3.87. The van der Waals surface area contributed by atoms with Gasteiger partial charge in [0.1, 0.15) is 11.5 Å². The van der Waals surface area contributed by atoms with E-state index in [1.54, 1.807) is 24.3 Å². The molecule has 2 aromatic rings. The first-order chi connectivity index (χ1) is 11.8. The lowest BCUT2D eigenvalue weighted by molar-refractivity contribution is 0.0945. The maximum atomic E-state index is 12.2. The normalized spacial score (nSPS) is 11.2. The van der Waals surface area contributed by atoms with Crippen LogP contribution in [0.2, 0.25) is 0 Å². The van der Waals surface area contributed by atoms with Gasteiger partial charge in [0.05, 0.1) is 18.1 Å². The Labute approximate surface area is 147 Å². The zero-order chi connectivity index (χ0) is 18.4. The third-order valence-corrected chi connectivity index (χ3v) is 4.42. The van der Waals surface area contributed by atoms with Crippen molar-refractivity contribution in [2.24, 2.45) is 0 Å². The van der Waals surface area contributed by atoms with Crippen LogP contribution in [0.1, 0.15) is 24.2 Å². The first-order valence-corrected chi connectivity index (χ1v) is 9.03. The van der Waals surface area contributed by atoms with E-state index in [0.29, 0.717) is 17.1 Å². The number of nitrogens with one attached hydrogen (secondary N) is 2. The molecule has 0 aliphatic heterocycles. The topological polar surface area (TPSA) is 93.7 Å². The van der Waals surface area contributed by atoms with Gasteiger partial charge in [0.15, 0.2) is 0 Å². The predicted molar refractivity (Wildman–Crippen MR) is 93.0 cm³/mol. The van der Waals surface area contributed by atoms with Crippen LogP contribution in [0.4, 0.5) is 0 Å². The fourth-order valence-electron chi connectivity index (χ4n) is 1.96. The van der Waals surface area contributed by atoms with Crippen LogP contribution in [-0.4, -0.2) is 27.5 Å². The van der Waals surface area contributed by atoms with Gasteiger partial charge in [-0.3, -0.25) is 10.2 Å². The summed E-state index contributed by atoms with van der Waals surface area (Å²) < 4.78 is 34.8. The summed E-state index contributed by atoms with van der Waals surface area (Å²) in [4.78, 5) is 14.1. The van der Waals surface area contributed by atoms with Crippen LogP contribution in [0, 0.1) is 0 Å². The summed E-state index contributed by atoms with van der Waals surface area (Å²) in [5, 5.41) is 0. The molecule has 7 nitrogen and oxygen atoms in total. The van der Waals surface area contributed by atoms with Gasteiger partial charge >= 0.3 is 0 Å². The maximum absolute atomic E-state index is 12.2. The zero-order valence-corrected chi connectivity index (χ0v) is 15.0. The summed E-state index contributed by atoms with van der Waals surface area (Å²) in [5.41, 5.74) is 2.48. The highest BCUT2D eigenvalue weighted by Crippen LogP contribution is 2.15. The number of rotatable bonds is 7. The number of carbonyl (C=O) groups excluding carboxylic acids is 1. The van der Waals surface area contributed by atoms with E-state index in [0.717, 1.165) is 0 Å². The first-order valence-electron chi connectivity index (χ1n) is 7.55. The molecule has 0 saturated heterocycles. The summed E-state index contributed by atoms with van der Waals surface area (Å²) in [7, 11) is -2.39. The molecule has 0 aromatic heterocycles. The smallest absolute Gasteiger partial charge is 0.266 e. The molecule has 1 amide bonds. The number of ether oxygens (including phenoxy) is 2. The molecule has 0 unspecified atom stereocenters. The van der Waals surface area contributed by atoms with E-state index in [-0.39, 0.29) is 11.0 Å². The molecular formula is C17H20N2O5S. The molecule has 0 fully saturated rings. The number of methoxy groups -OCH3 is 1. The average molecular weight is 364 g/mol. The molecule has 0 radical (unpaired) electrons. The Kier molecular flexibility index (Phi) is 6.00. The Bertz CT molecular complexity index is 815. The Balaban J connectivity index is 2.00. The van der Waals surface area contributed by atoms with E-state index < -0.39 is 15.9 Å². The van der Waals surface area contributed by atoms with Gasteiger partial charge in [-0.25, -0.2) is 8.42 Å². The molecular weight excluding hydrogens is 344 g/mol. The number of amides is 1. The third-order valence-electron chi connectivity index (χ3n) is 3.16. The lowest BCUT2D eigenvalue weighted by Gasteiger charge is -2.11. The fourth-order valence-corrected chi connectivity index (χ4v) is 2.80. The Morgan fingerprint density at radius 2 is 1.52 bits per heavy atom. The summed E-state index contributed by atoms with van der Waals surface area (Å²) in [6.45, 7) is 3.79. The first kappa shape index (κ1) is 18.8. The monoisotopic (exact) mass is 364 g/mol. The van der Waals surface area contributed by atoms with E-state index in [2.05, 4.69) is 10.3 Å². The number of hydrogen-bond donors (Lipinski definition) is 2. The minimum Gasteiger partial charge on any atom is -0.497 e. The van der Waals surface area contributed by atoms with Crippen LogP contribution >= 0.6 is 0 Å². The maximum Gasteiger partial charge on any atom is 0.266 e. The van der Waals surface area contributed by atoms with Crippen molar-refractivity contribution in [1.29, 1.82) is 0 Å². The number of hydrazine groups is 1. The number of hydrogen-bond acceptors (Lipinski definition) is 5. The lowest BCUT2D eigenvalue weighted by atomic mass is 10.2. The van der Waals surface area contributed by atoms with Gasteiger partial charge in [-0.2, -0.15) is 0 Å². The van der Waals surface area contributed by atoms with Gasteiger partial charge in [-0.05, 0) is 62.4 Å². The second-order valence-electron chi connectivity index (χ2n) is 5.43. The molecule has 2 rings (SSSR count). The third kappa shape index (κ3) is 5.20. The number of carbonyl (C=O) groups is 1. The van der Waals surface area contributed by atoms with Gasteiger partial charge in [0.2, 0.25) is 0 Å². The molecule has 25 heavy (non-hydrogen) atoms. The van der Waals surface area contributed by atoms with Crippen LogP contribution in [0.3, 0.4) is 0 Å². The fraction of sp³-hybridized carbons (Fsp3) is 0.235. The highest BCUT2D eigenvalue weighted by atomic mass is 32.2. The van der Waals surface area contributed by atoms with Crippen molar-refractivity contribution in [3.05, 3.63) is 54.1 Å². The van der Waals surface area contributed by atoms with Crippen molar-refractivity contribution in [2.75, 3.05) is 7.11 Å². The summed E-state index contributed by atoms with van der Waals surface area (Å²) >= 11 is 0. The van der Waals surface area contributed by atoms with E-state index >= 15 is 0 Å². The van der Waals surface area contributed by atoms with Gasteiger partial charge in [-0.1, -0.05) is 0 Å². The highest BCUT2D eigenvalue weighted by Gasteiger charge is 2.16. The van der Waals surface area contributed by atoms with E-state index in [1.807, 2.05) is 13.8 Å². The van der Waals surface area contributed by atoms with Crippen LogP contribution in [0.25, 0.3) is 0 Å². The van der Waals surface area contributed by atoms with Crippen LogP contribution < -0.4 is 19.7 Å². The zero-order valence-electron chi connectivity index (χ0n) is 14.1. The van der Waals surface area contributed by atoms with Crippen molar-refractivity contribution < 1.29 is 22.7 Å². The van der Waals surface area contributed by atoms with E-state index in [1.165, 1.54) is 31.4 Å². The SMILES string of the molecule is COc1ccc(S(=O)(=O)NNC(=O)c2ccc(OC(C)C)cc2)cc1. The van der Waals surface area contributed by atoms with Crippen molar-refractivity contribution in [3.63, 3.8) is 0 Å². The van der Waals surface area contributed by atoms with Gasteiger partial charge in [0, 0.05) is 5.56 Å².